The van der Waals surface area contributed by atoms with E-state index in [4.69, 9.17) is 0 Å². The van der Waals surface area contributed by atoms with Gasteiger partial charge in [-0.25, -0.2) is 0 Å². The van der Waals surface area contributed by atoms with Gasteiger partial charge in [-0.1, -0.05) is 17.7 Å². The second-order valence-electron chi connectivity index (χ2n) is 4.97. The Labute approximate surface area is 119 Å². The van der Waals surface area contributed by atoms with Gasteiger partial charge in [0.1, 0.15) is 0 Å². The van der Waals surface area contributed by atoms with E-state index in [1.165, 1.54) is 0 Å². The zero-order valence-electron chi connectivity index (χ0n) is 11.8. The molecule has 0 aliphatic carbocycles. The summed E-state index contributed by atoms with van der Waals surface area (Å²) in [5.41, 5.74) is 2.62. The van der Waals surface area contributed by atoms with Crippen molar-refractivity contribution in [2.45, 2.75) is 19.4 Å². The Bertz CT molecular complexity index is 572. The van der Waals surface area contributed by atoms with Gasteiger partial charge in [0.15, 0.2) is 0 Å². The number of aryl methyl sites for hydroxylation is 2. The zero-order valence-corrected chi connectivity index (χ0v) is 11.8. The maximum Gasteiger partial charge on any atom is 0.251 e. The number of amides is 1. The summed E-state index contributed by atoms with van der Waals surface area (Å²) < 4.78 is 1.88. The first-order valence-electron chi connectivity index (χ1n) is 6.72. The molecule has 1 heterocycles. The van der Waals surface area contributed by atoms with Gasteiger partial charge in [0.25, 0.3) is 5.91 Å². The van der Waals surface area contributed by atoms with E-state index in [1.807, 2.05) is 49.0 Å². The van der Waals surface area contributed by atoms with Crippen LogP contribution in [0.25, 0.3) is 0 Å². The SMILES string of the molecule is Cc1ccc(C(=O)NCCC(O)c2cccn2C)cc1. The molecule has 0 bridgehead atoms. The van der Waals surface area contributed by atoms with Crippen molar-refractivity contribution in [3.63, 3.8) is 0 Å². The van der Waals surface area contributed by atoms with Crippen LogP contribution < -0.4 is 5.32 Å². The van der Waals surface area contributed by atoms with Crippen molar-refractivity contribution in [3.8, 4) is 0 Å². The third-order valence-electron chi connectivity index (χ3n) is 3.34. The van der Waals surface area contributed by atoms with E-state index >= 15 is 0 Å². The average Bonchev–Trinajstić information content (AvgIpc) is 2.85. The van der Waals surface area contributed by atoms with Crippen LogP contribution in [-0.4, -0.2) is 22.1 Å². The topological polar surface area (TPSA) is 54.3 Å². The first-order chi connectivity index (χ1) is 9.58. The molecule has 2 aromatic rings. The molecule has 2 rings (SSSR count). The van der Waals surface area contributed by atoms with Gasteiger partial charge in [-0.05, 0) is 37.6 Å². The molecule has 1 amide bonds. The number of nitrogens with one attached hydrogen (secondary N) is 1. The molecule has 4 heteroatoms. The first kappa shape index (κ1) is 14.3. The van der Waals surface area contributed by atoms with Crippen molar-refractivity contribution in [1.82, 2.24) is 9.88 Å². The quantitative estimate of drug-likeness (QED) is 0.876. The molecule has 1 unspecified atom stereocenters. The van der Waals surface area contributed by atoms with E-state index in [1.54, 1.807) is 12.1 Å². The fourth-order valence-electron chi connectivity index (χ4n) is 2.10. The third kappa shape index (κ3) is 3.48. The molecule has 0 spiro atoms. The number of aromatic nitrogens is 1. The summed E-state index contributed by atoms with van der Waals surface area (Å²) in [5.74, 6) is -0.107. The second kappa shape index (κ2) is 6.39. The van der Waals surface area contributed by atoms with Crippen LogP contribution in [0.3, 0.4) is 0 Å². The summed E-state index contributed by atoms with van der Waals surface area (Å²) in [5, 5.41) is 12.9. The summed E-state index contributed by atoms with van der Waals surface area (Å²) in [6.45, 7) is 2.43. The lowest BCUT2D eigenvalue weighted by molar-refractivity contribution is 0.0941. The van der Waals surface area contributed by atoms with Gasteiger partial charge < -0.3 is 15.0 Å². The molecule has 20 heavy (non-hydrogen) atoms. The van der Waals surface area contributed by atoms with E-state index in [0.29, 0.717) is 18.5 Å². The average molecular weight is 272 g/mol. The normalized spacial score (nSPS) is 12.2. The number of aliphatic hydroxyl groups is 1. The number of aliphatic hydroxyl groups excluding tert-OH is 1. The Kier molecular flexibility index (Phi) is 4.58. The van der Waals surface area contributed by atoms with Gasteiger partial charge >= 0.3 is 0 Å². The van der Waals surface area contributed by atoms with Crippen LogP contribution in [-0.2, 0) is 7.05 Å². The number of hydrogen-bond donors (Lipinski definition) is 2. The fourth-order valence-corrected chi connectivity index (χ4v) is 2.10. The van der Waals surface area contributed by atoms with Crippen LogP contribution in [0.2, 0.25) is 0 Å². The number of rotatable bonds is 5. The summed E-state index contributed by atoms with van der Waals surface area (Å²) in [4.78, 5) is 11.9. The lowest BCUT2D eigenvalue weighted by Crippen LogP contribution is -2.25. The number of carbonyl (C=O) groups is 1. The monoisotopic (exact) mass is 272 g/mol. The Balaban J connectivity index is 1.82. The van der Waals surface area contributed by atoms with E-state index in [0.717, 1.165) is 11.3 Å². The standard InChI is InChI=1S/C16H20N2O2/c1-12-5-7-13(8-6-12)16(20)17-10-9-15(19)14-4-3-11-18(14)2/h3-8,11,15,19H,9-10H2,1-2H3,(H,17,20). The van der Waals surface area contributed by atoms with Gasteiger partial charge in [-0.2, -0.15) is 0 Å². The highest BCUT2D eigenvalue weighted by molar-refractivity contribution is 5.94. The van der Waals surface area contributed by atoms with Crippen LogP contribution >= 0.6 is 0 Å². The van der Waals surface area contributed by atoms with Gasteiger partial charge in [-0.15, -0.1) is 0 Å². The lowest BCUT2D eigenvalue weighted by Gasteiger charge is -2.12. The van der Waals surface area contributed by atoms with Crippen LogP contribution in [0, 0.1) is 6.92 Å². The number of nitrogens with zero attached hydrogens (tertiary/aromatic N) is 1. The minimum atomic E-state index is -0.562. The Hall–Kier alpha value is -2.07. The van der Waals surface area contributed by atoms with Crippen molar-refractivity contribution in [2.75, 3.05) is 6.54 Å². The highest BCUT2D eigenvalue weighted by atomic mass is 16.3. The summed E-state index contributed by atoms with van der Waals surface area (Å²) >= 11 is 0. The Morgan fingerprint density at radius 2 is 2.00 bits per heavy atom. The molecular formula is C16H20N2O2. The van der Waals surface area contributed by atoms with Crippen molar-refractivity contribution < 1.29 is 9.90 Å². The number of benzene rings is 1. The van der Waals surface area contributed by atoms with Crippen LogP contribution in [0.15, 0.2) is 42.6 Å². The van der Waals surface area contributed by atoms with E-state index < -0.39 is 6.10 Å². The van der Waals surface area contributed by atoms with E-state index in [-0.39, 0.29) is 5.91 Å². The molecule has 1 aromatic heterocycles. The van der Waals surface area contributed by atoms with Gasteiger partial charge in [0, 0.05) is 31.0 Å². The fraction of sp³-hybridized carbons (Fsp3) is 0.312. The maximum atomic E-state index is 11.9. The predicted octanol–water partition coefficient (Wildman–Crippen LogP) is 2.19. The molecule has 1 aromatic carbocycles. The lowest BCUT2D eigenvalue weighted by atomic mass is 10.1. The minimum Gasteiger partial charge on any atom is -0.387 e. The number of carbonyl (C=O) groups excluding carboxylic acids is 1. The van der Waals surface area contributed by atoms with Gasteiger partial charge in [0.2, 0.25) is 0 Å². The van der Waals surface area contributed by atoms with Gasteiger partial charge in [-0.3, -0.25) is 4.79 Å². The van der Waals surface area contributed by atoms with Crippen molar-refractivity contribution >= 4 is 5.91 Å². The highest BCUT2D eigenvalue weighted by Crippen LogP contribution is 2.15. The predicted molar refractivity (Wildman–Crippen MR) is 78.5 cm³/mol. The molecule has 4 nitrogen and oxygen atoms in total. The maximum absolute atomic E-state index is 11.9. The minimum absolute atomic E-state index is 0.107. The van der Waals surface area contributed by atoms with E-state index in [9.17, 15) is 9.90 Å². The van der Waals surface area contributed by atoms with Gasteiger partial charge in [0.05, 0.1) is 6.10 Å². The number of hydrogen-bond acceptors (Lipinski definition) is 2. The molecule has 0 fully saturated rings. The van der Waals surface area contributed by atoms with Crippen LogP contribution in [0.5, 0.6) is 0 Å². The highest BCUT2D eigenvalue weighted by Gasteiger charge is 2.11. The van der Waals surface area contributed by atoms with Crippen molar-refractivity contribution in [1.29, 1.82) is 0 Å². The summed E-state index contributed by atoms with van der Waals surface area (Å²) in [7, 11) is 1.89. The molecule has 1 atom stereocenters. The largest absolute Gasteiger partial charge is 0.387 e. The second-order valence-corrected chi connectivity index (χ2v) is 4.97. The van der Waals surface area contributed by atoms with E-state index in [2.05, 4.69) is 5.32 Å². The Morgan fingerprint density at radius 3 is 2.60 bits per heavy atom. The third-order valence-corrected chi connectivity index (χ3v) is 3.34. The molecule has 0 aliphatic heterocycles. The molecule has 106 valence electrons. The first-order valence-corrected chi connectivity index (χ1v) is 6.72. The summed E-state index contributed by atoms with van der Waals surface area (Å²) in [6, 6.07) is 11.2. The van der Waals surface area contributed by atoms with Crippen LogP contribution in [0.4, 0.5) is 0 Å². The molecule has 0 aliphatic rings. The molecule has 0 saturated carbocycles. The molecule has 0 saturated heterocycles. The zero-order chi connectivity index (χ0) is 14.5. The van der Waals surface area contributed by atoms with Crippen LogP contribution in [0.1, 0.15) is 34.1 Å². The summed E-state index contributed by atoms with van der Waals surface area (Å²) in [6.07, 6.45) is 1.83. The Morgan fingerprint density at radius 1 is 1.30 bits per heavy atom. The molecule has 0 radical (unpaired) electrons. The molecular weight excluding hydrogens is 252 g/mol. The molecule has 2 N–H and O–H groups in total. The smallest absolute Gasteiger partial charge is 0.251 e. The van der Waals surface area contributed by atoms with Crippen molar-refractivity contribution in [3.05, 3.63) is 59.4 Å². The van der Waals surface area contributed by atoms with Crippen molar-refractivity contribution in [2.24, 2.45) is 7.05 Å².